The quantitative estimate of drug-likeness (QED) is 0.271. The van der Waals surface area contributed by atoms with Crippen molar-refractivity contribution in [3.8, 4) is 0 Å². The summed E-state index contributed by atoms with van der Waals surface area (Å²) in [5.41, 5.74) is 2.47. The van der Waals surface area contributed by atoms with Crippen LogP contribution in [0.25, 0.3) is 0 Å². The number of halogens is 4. The maximum atomic E-state index is 11.9. The van der Waals surface area contributed by atoms with Gasteiger partial charge in [-0.15, -0.1) is 24.0 Å². The van der Waals surface area contributed by atoms with Gasteiger partial charge >= 0.3 is 6.18 Å². The molecule has 0 spiro atoms. The summed E-state index contributed by atoms with van der Waals surface area (Å²) >= 11 is 0. The normalized spacial score (nSPS) is 11.8. The van der Waals surface area contributed by atoms with Crippen LogP contribution in [-0.2, 0) is 17.7 Å². The van der Waals surface area contributed by atoms with E-state index in [2.05, 4.69) is 39.4 Å². The van der Waals surface area contributed by atoms with Gasteiger partial charge in [0.15, 0.2) is 5.96 Å². The summed E-state index contributed by atoms with van der Waals surface area (Å²) in [4.78, 5) is 4.09. The summed E-state index contributed by atoms with van der Waals surface area (Å²) in [5.74, 6) is 0.617. The van der Waals surface area contributed by atoms with Crippen LogP contribution in [0.15, 0.2) is 29.3 Å². The molecule has 0 saturated carbocycles. The minimum Gasteiger partial charge on any atom is -0.372 e. The number of aryl methyl sites for hydroxylation is 1. The van der Waals surface area contributed by atoms with Crippen LogP contribution in [0.4, 0.5) is 13.2 Å². The standard InChI is InChI=1S/C16H24F3N3O.HI/c1-3-13-7-4-5-8-14(13)11-22-15(20-2)21-9-6-10-23-12-16(17,18)19;/h4-5,7-8H,3,6,9-12H2,1-2H3,(H2,20,21,22);1H. The Labute approximate surface area is 158 Å². The molecule has 4 nitrogen and oxygen atoms in total. The molecule has 0 atom stereocenters. The molecular formula is C16H25F3IN3O. The minimum atomic E-state index is -4.27. The van der Waals surface area contributed by atoms with Crippen molar-refractivity contribution in [2.24, 2.45) is 4.99 Å². The summed E-state index contributed by atoms with van der Waals surface area (Å²) in [6, 6.07) is 8.15. The second-order valence-electron chi connectivity index (χ2n) is 5.00. The highest BCUT2D eigenvalue weighted by Crippen LogP contribution is 2.14. The van der Waals surface area contributed by atoms with Gasteiger partial charge in [0, 0.05) is 26.7 Å². The van der Waals surface area contributed by atoms with Crippen molar-refractivity contribution in [3.05, 3.63) is 35.4 Å². The summed E-state index contributed by atoms with van der Waals surface area (Å²) in [5, 5.41) is 6.25. The molecule has 1 aromatic rings. The average Bonchev–Trinajstić information content (AvgIpc) is 2.52. The third-order valence-corrected chi connectivity index (χ3v) is 3.19. The first-order chi connectivity index (χ1) is 11.0. The molecule has 0 aliphatic heterocycles. The molecule has 2 N–H and O–H groups in total. The van der Waals surface area contributed by atoms with E-state index in [0.29, 0.717) is 25.5 Å². The van der Waals surface area contributed by atoms with Crippen LogP contribution in [0.2, 0.25) is 0 Å². The molecule has 0 fully saturated rings. The topological polar surface area (TPSA) is 45.7 Å². The van der Waals surface area contributed by atoms with Gasteiger partial charge in [-0.3, -0.25) is 4.99 Å². The van der Waals surface area contributed by atoms with E-state index in [-0.39, 0.29) is 30.6 Å². The van der Waals surface area contributed by atoms with Gasteiger partial charge in [0.1, 0.15) is 6.61 Å². The average molecular weight is 459 g/mol. The van der Waals surface area contributed by atoms with E-state index in [1.807, 2.05) is 12.1 Å². The van der Waals surface area contributed by atoms with Crippen LogP contribution >= 0.6 is 24.0 Å². The predicted molar refractivity (Wildman–Crippen MR) is 101 cm³/mol. The van der Waals surface area contributed by atoms with Crippen LogP contribution in [0.5, 0.6) is 0 Å². The Morgan fingerprint density at radius 1 is 1.17 bits per heavy atom. The number of alkyl halides is 3. The van der Waals surface area contributed by atoms with Crippen molar-refractivity contribution in [2.75, 3.05) is 26.8 Å². The SMILES string of the molecule is CCc1ccccc1CNC(=NC)NCCCOCC(F)(F)F.I. The number of guanidine groups is 1. The lowest BCUT2D eigenvalue weighted by Gasteiger charge is -2.14. The number of nitrogens with zero attached hydrogens (tertiary/aromatic N) is 1. The van der Waals surface area contributed by atoms with Gasteiger partial charge in [-0.2, -0.15) is 13.2 Å². The fourth-order valence-electron chi connectivity index (χ4n) is 2.04. The van der Waals surface area contributed by atoms with Crippen molar-refractivity contribution in [1.29, 1.82) is 0 Å². The molecule has 0 aliphatic carbocycles. The monoisotopic (exact) mass is 459 g/mol. The molecule has 138 valence electrons. The van der Waals surface area contributed by atoms with Gasteiger partial charge in [-0.05, 0) is 24.0 Å². The maximum Gasteiger partial charge on any atom is 0.411 e. The van der Waals surface area contributed by atoms with Gasteiger partial charge in [0.25, 0.3) is 0 Å². The highest BCUT2D eigenvalue weighted by molar-refractivity contribution is 14.0. The Bertz CT molecular complexity index is 496. The van der Waals surface area contributed by atoms with Crippen LogP contribution in [0, 0.1) is 0 Å². The molecule has 0 saturated heterocycles. The maximum absolute atomic E-state index is 11.9. The van der Waals surface area contributed by atoms with E-state index in [4.69, 9.17) is 0 Å². The molecule has 0 aliphatic rings. The van der Waals surface area contributed by atoms with Gasteiger partial charge in [-0.25, -0.2) is 0 Å². The lowest BCUT2D eigenvalue weighted by Crippen LogP contribution is -2.37. The fraction of sp³-hybridized carbons (Fsp3) is 0.562. The predicted octanol–water partition coefficient (Wildman–Crippen LogP) is 3.50. The highest BCUT2D eigenvalue weighted by atomic mass is 127. The Morgan fingerprint density at radius 3 is 2.42 bits per heavy atom. The van der Waals surface area contributed by atoms with E-state index >= 15 is 0 Å². The molecule has 0 heterocycles. The lowest BCUT2D eigenvalue weighted by molar-refractivity contribution is -0.173. The number of aliphatic imine (C=N–C) groups is 1. The number of hydrogen-bond donors (Lipinski definition) is 2. The van der Waals surface area contributed by atoms with Crippen LogP contribution in [-0.4, -0.2) is 38.9 Å². The Balaban J connectivity index is 0.00000529. The Morgan fingerprint density at radius 2 is 1.83 bits per heavy atom. The van der Waals surface area contributed by atoms with Gasteiger partial charge < -0.3 is 15.4 Å². The molecule has 8 heteroatoms. The number of benzene rings is 1. The molecule has 0 aromatic heterocycles. The van der Waals surface area contributed by atoms with Crippen molar-refractivity contribution < 1.29 is 17.9 Å². The zero-order valence-corrected chi connectivity index (χ0v) is 16.3. The van der Waals surface area contributed by atoms with E-state index in [1.54, 1.807) is 7.05 Å². The first-order valence-corrected chi connectivity index (χ1v) is 7.62. The molecule has 0 unspecified atom stereocenters. The Kier molecular flexibility index (Phi) is 11.8. The van der Waals surface area contributed by atoms with Gasteiger partial charge in [0.2, 0.25) is 0 Å². The van der Waals surface area contributed by atoms with Crippen LogP contribution in [0.3, 0.4) is 0 Å². The Hall–Kier alpha value is -1.03. The lowest BCUT2D eigenvalue weighted by atomic mass is 10.1. The summed E-state index contributed by atoms with van der Waals surface area (Å²) in [6.45, 7) is 2.10. The van der Waals surface area contributed by atoms with E-state index in [1.165, 1.54) is 11.1 Å². The third kappa shape index (κ3) is 9.96. The minimum absolute atomic E-state index is 0. The van der Waals surface area contributed by atoms with Crippen molar-refractivity contribution in [3.63, 3.8) is 0 Å². The van der Waals surface area contributed by atoms with E-state index in [9.17, 15) is 13.2 Å². The zero-order valence-electron chi connectivity index (χ0n) is 13.9. The number of ether oxygens (including phenoxy) is 1. The van der Waals surface area contributed by atoms with Crippen molar-refractivity contribution in [2.45, 2.75) is 32.5 Å². The number of rotatable bonds is 8. The van der Waals surface area contributed by atoms with E-state index in [0.717, 1.165) is 6.42 Å². The number of hydrogen-bond acceptors (Lipinski definition) is 2. The first-order valence-electron chi connectivity index (χ1n) is 7.62. The van der Waals surface area contributed by atoms with Crippen LogP contribution < -0.4 is 10.6 Å². The van der Waals surface area contributed by atoms with E-state index < -0.39 is 12.8 Å². The molecule has 1 aromatic carbocycles. The smallest absolute Gasteiger partial charge is 0.372 e. The number of nitrogens with one attached hydrogen (secondary N) is 2. The molecular weight excluding hydrogens is 434 g/mol. The highest BCUT2D eigenvalue weighted by Gasteiger charge is 2.27. The second kappa shape index (κ2) is 12.3. The molecule has 0 radical (unpaired) electrons. The molecule has 24 heavy (non-hydrogen) atoms. The van der Waals surface area contributed by atoms with Gasteiger partial charge in [-0.1, -0.05) is 31.2 Å². The molecule has 0 bridgehead atoms. The first kappa shape index (κ1) is 23.0. The summed E-state index contributed by atoms with van der Waals surface area (Å²) in [7, 11) is 1.65. The van der Waals surface area contributed by atoms with Crippen molar-refractivity contribution >= 4 is 29.9 Å². The third-order valence-electron chi connectivity index (χ3n) is 3.19. The molecule has 1 rings (SSSR count). The molecule has 0 amide bonds. The summed E-state index contributed by atoms with van der Waals surface area (Å²) < 4.78 is 40.3. The van der Waals surface area contributed by atoms with Crippen LogP contribution in [0.1, 0.15) is 24.5 Å². The summed E-state index contributed by atoms with van der Waals surface area (Å²) in [6.07, 6.45) is -2.83. The van der Waals surface area contributed by atoms with Crippen molar-refractivity contribution in [1.82, 2.24) is 10.6 Å². The van der Waals surface area contributed by atoms with Gasteiger partial charge in [0.05, 0.1) is 0 Å². The largest absolute Gasteiger partial charge is 0.411 e. The second-order valence-corrected chi connectivity index (χ2v) is 5.00. The zero-order chi connectivity index (χ0) is 17.1. The fourth-order valence-corrected chi connectivity index (χ4v) is 2.04.